The molecule has 0 bridgehead atoms. The molecule has 3 rings (SSSR count). The molecule has 1 N–H and O–H groups in total. The van der Waals surface area contributed by atoms with Crippen LogP contribution in [0, 0.1) is 17.0 Å². The first-order chi connectivity index (χ1) is 13.7. The van der Waals surface area contributed by atoms with Gasteiger partial charge in [-0.15, -0.1) is 0 Å². The fourth-order valence-electron chi connectivity index (χ4n) is 2.51. The monoisotopic (exact) mass is 446 g/mol. The molecule has 0 unspecified atom stereocenters. The van der Waals surface area contributed by atoms with E-state index in [4.69, 9.17) is 17.3 Å². The Kier molecular flexibility index (Phi) is 6.36. The van der Waals surface area contributed by atoms with Crippen molar-refractivity contribution in [2.24, 2.45) is 0 Å². The van der Waals surface area contributed by atoms with Gasteiger partial charge in [0.25, 0.3) is 11.6 Å². The summed E-state index contributed by atoms with van der Waals surface area (Å²) in [7, 11) is 0. The van der Waals surface area contributed by atoms with E-state index in [-0.39, 0.29) is 14.9 Å². The molecule has 10 heteroatoms. The van der Waals surface area contributed by atoms with Gasteiger partial charge in [-0.3, -0.25) is 24.6 Å². The van der Waals surface area contributed by atoms with Crippen molar-refractivity contribution < 1.29 is 19.6 Å². The van der Waals surface area contributed by atoms with Gasteiger partial charge in [-0.1, -0.05) is 59.5 Å². The lowest BCUT2D eigenvalue weighted by Gasteiger charge is -2.10. The molecule has 1 aliphatic rings. The van der Waals surface area contributed by atoms with E-state index in [1.165, 1.54) is 23.9 Å². The molecular weight excluding hydrogens is 432 g/mol. The van der Waals surface area contributed by atoms with Gasteiger partial charge >= 0.3 is 5.97 Å². The van der Waals surface area contributed by atoms with Gasteiger partial charge in [0, 0.05) is 11.0 Å². The van der Waals surface area contributed by atoms with Gasteiger partial charge in [0.05, 0.1) is 14.7 Å². The van der Waals surface area contributed by atoms with E-state index < -0.39 is 23.3 Å². The highest BCUT2D eigenvalue weighted by Crippen LogP contribution is 2.37. The summed E-state index contributed by atoms with van der Waals surface area (Å²) in [6, 6.07) is 12.3. The third-order valence-electron chi connectivity index (χ3n) is 3.89. The van der Waals surface area contributed by atoms with Crippen LogP contribution in [0.4, 0.5) is 5.69 Å². The van der Waals surface area contributed by atoms with Gasteiger partial charge in [0.15, 0.2) is 0 Å². The summed E-state index contributed by atoms with van der Waals surface area (Å²) in [6.07, 6.45) is 1.48. The van der Waals surface area contributed by atoms with Crippen molar-refractivity contribution in [1.29, 1.82) is 0 Å². The second kappa shape index (κ2) is 8.76. The van der Waals surface area contributed by atoms with Gasteiger partial charge in [-0.2, -0.15) is 0 Å². The van der Waals surface area contributed by atoms with E-state index >= 15 is 0 Å². The highest BCUT2D eigenvalue weighted by atomic mass is 32.2. The molecule has 148 valence electrons. The van der Waals surface area contributed by atoms with Gasteiger partial charge in [-0.05, 0) is 36.8 Å². The lowest BCUT2D eigenvalue weighted by atomic mass is 10.2. The van der Waals surface area contributed by atoms with Gasteiger partial charge < -0.3 is 5.11 Å². The average molecular weight is 447 g/mol. The Balaban J connectivity index is 1.88. The molecule has 0 aromatic heterocycles. The molecule has 7 nitrogen and oxygen atoms in total. The van der Waals surface area contributed by atoms with Gasteiger partial charge in [0.2, 0.25) is 0 Å². The second-order valence-electron chi connectivity index (χ2n) is 6.06. The standard InChI is InChI=1S/C19H14N2O5S3/c1-11-2-5-13(6-3-11)28-15-7-4-12(8-14(15)21(25)26)9-16-18(24)20(10-17(22)23)19(27)29-16/h2-9H,10H2,1H3,(H,22,23). The maximum absolute atomic E-state index is 12.4. The van der Waals surface area contributed by atoms with Crippen molar-refractivity contribution in [2.45, 2.75) is 16.7 Å². The molecule has 0 spiro atoms. The quantitative estimate of drug-likeness (QED) is 0.303. The summed E-state index contributed by atoms with van der Waals surface area (Å²) in [5.41, 5.74) is 1.48. The van der Waals surface area contributed by atoms with Crippen molar-refractivity contribution in [1.82, 2.24) is 4.90 Å². The summed E-state index contributed by atoms with van der Waals surface area (Å²) < 4.78 is 0.143. The zero-order chi connectivity index (χ0) is 21.1. The first-order valence-corrected chi connectivity index (χ1v) is 10.3. The molecule has 1 amide bonds. The summed E-state index contributed by atoms with van der Waals surface area (Å²) in [5.74, 6) is -1.70. The number of carbonyl (C=O) groups is 2. The molecule has 2 aromatic rings. The number of hydrogen-bond donors (Lipinski definition) is 1. The minimum Gasteiger partial charge on any atom is -0.480 e. The Morgan fingerprint density at radius 3 is 2.62 bits per heavy atom. The Morgan fingerprint density at radius 2 is 2.00 bits per heavy atom. The number of rotatable bonds is 6. The predicted octanol–water partition coefficient (Wildman–Crippen LogP) is 4.34. The van der Waals surface area contributed by atoms with Crippen LogP contribution >= 0.6 is 35.7 Å². The van der Waals surface area contributed by atoms with Gasteiger partial charge in [0.1, 0.15) is 10.9 Å². The van der Waals surface area contributed by atoms with E-state index in [2.05, 4.69) is 0 Å². The lowest BCUT2D eigenvalue weighted by Crippen LogP contribution is -2.33. The number of carbonyl (C=O) groups excluding carboxylic acids is 1. The van der Waals surface area contributed by atoms with Crippen LogP contribution in [0.3, 0.4) is 0 Å². The molecule has 1 saturated heterocycles. The third-order valence-corrected chi connectivity index (χ3v) is 6.34. The maximum Gasteiger partial charge on any atom is 0.323 e. The van der Waals surface area contributed by atoms with Crippen LogP contribution in [0.15, 0.2) is 57.2 Å². The number of nitro groups is 1. The summed E-state index contributed by atoms with van der Waals surface area (Å²) in [4.78, 5) is 36.9. The normalized spacial score (nSPS) is 15.2. The third kappa shape index (κ3) is 5.03. The number of aryl methyl sites for hydroxylation is 1. The van der Waals surface area contributed by atoms with Crippen LogP contribution in [0.2, 0.25) is 0 Å². The van der Waals surface area contributed by atoms with E-state index in [1.54, 1.807) is 12.1 Å². The second-order valence-corrected chi connectivity index (χ2v) is 8.85. The lowest BCUT2D eigenvalue weighted by molar-refractivity contribution is -0.387. The number of amides is 1. The number of nitrogens with zero attached hydrogens (tertiary/aromatic N) is 2. The largest absolute Gasteiger partial charge is 0.480 e. The zero-order valence-electron chi connectivity index (χ0n) is 15.0. The van der Waals surface area contributed by atoms with Crippen molar-refractivity contribution in [3.63, 3.8) is 0 Å². The number of carboxylic acid groups (broad SMARTS) is 1. The highest BCUT2D eigenvalue weighted by molar-refractivity contribution is 8.26. The molecule has 0 aliphatic carbocycles. The number of benzene rings is 2. The molecule has 0 atom stereocenters. The zero-order valence-corrected chi connectivity index (χ0v) is 17.5. The number of thiocarbonyl (C=S) groups is 1. The van der Waals surface area contributed by atoms with Crippen LogP contribution in [0.5, 0.6) is 0 Å². The van der Waals surface area contributed by atoms with E-state index in [1.807, 2.05) is 31.2 Å². The molecule has 2 aromatic carbocycles. The number of aliphatic carboxylic acids is 1. The fraction of sp³-hybridized carbons (Fsp3) is 0.105. The number of thioether (sulfide) groups is 1. The van der Waals surface area contributed by atoms with Crippen LogP contribution in [-0.2, 0) is 9.59 Å². The fourth-order valence-corrected chi connectivity index (χ4v) is 4.66. The Hall–Kier alpha value is -2.69. The van der Waals surface area contributed by atoms with Crippen LogP contribution < -0.4 is 0 Å². The molecule has 29 heavy (non-hydrogen) atoms. The SMILES string of the molecule is Cc1ccc(Sc2ccc(C=C3SC(=S)N(CC(=O)O)C3=O)cc2[N+](=O)[O-])cc1. The molecular formula is C19H14N2O5S3. The summed E-state index contributed by atoms with van der Waals surface area (Å²) in [6.45, 7) is 1.44. The number of nitro benzene ring substituents is 1. The van der Waals surface area contributed by atoms with Crippen molar-refractivity contribution in [3.05, 3.63) is 68.6 Å². The van der Waals surface area contributed by atoms with Crippen molar-refractivity contribution in [3.8, 4) is 0 Å². The minimum absolute atomic E-state index is 0.0784. The number of carboxylic acids is 1. The molecule has 0 saturated carbocycles. The van der Waals surface area contributed by atoms with Crippen LogP contribution in [-0.4, -0.2) is 37.7 Å². The molecule has 1 aliphatic heterocycles. The summed E-state index contributed by atoms with van der Waals surface area (Å²) in [5, 5.41) is 20.4. The maximum atomic E-state index is 12.4. The Morgan fingerprint density at radius 1 is 1.31 bits per heavy atom. The smallest absolute Gasteiger partial charge is 0.323 e. The van der Waals surface area contributed by atoms with Crippen molar-refractivity contribution >= 4 is 63.7 Å². The van der Waals surface area contributed by atoms with E-state index in [0.717, 1.165) is 27.1 Å². The van der Waals surface area contributed by atoms with Crippen LogP contribution in [0.1, 0.15) is 11.1 Å². The molecule has 1 heterocycles. The topological polar surface area (TPSA) is 101 Å². The Labute approximate surface area is 179 Å². The van der Waals surface area contributed by atoms with Crippen molar-refractivity contribution in [2.75, 3.05) is 6.54 Å². The first-order valence-electron chi connectivity index (χ1n) is 8.24. The van der Waals surface area contributed by atoms with E-state index in [9.17, 15) is 19.7 Å². The predicted molar refractivity (Wildman–Crippen MR) is 116 cm³/mol. The minimum atomic E-state index is -1.17. The molecule has 0 radical (unpaired) electrons. The molecule has 1 fully saturated rings. The van der Waals surface area contributed by atoms with Crippen LogP contribution in [0.25, 0.3) is 6.08 Å². The van der Waals surface area contributed by atoms with Gasteiger partial charge in [-0.25, -0.2) is 0 Å². The average Bonchev–Trinajstić information content (AvgIpc) is 2.91. The highest BCUT2D eigenvalue weighted by Gasteiger charge is 2.33. The number of hydrogen-bond acceptors (Lipinski definition) is 7. The Bertz CT molecular complexity index is 1050. The first kappa shape index (κ1) is 21.0. The summed E-state index contributed by atoms with van der Waals surface area (Å²) >= 11 is 7.31. The van der Waals surface area contributed by atoms with E-state index in [0.29, 0.717) is 10.5 Å².